The van der Waals surface area contributed by atoms with Crippen LogP contribution in [0.15, 0.2) is 30.3 Å². The molecule has 19 heavy (non-hydrogen) atoms. The molecule has 0 spiro atoms. The van der Waals surface area contributed by atoms with E-state index in [4.69, 9.17) is 5.11 Å². The number of benzene rings is 1. The van der Waals surface area contributed by atoms with Gasteiger partial charge in [0.2, 0.25) is 0 Å². The molecule has 1 rings (SSSR count). The van der Waals surface area contributed by atoms with Gasteiger partial charge in [0.1, 0.15) is 0 Å². The van der Waals surface area contributed by atoms with E-state index >= 15 is 0 Å². The summed E-state index contributed by atoms with van der Waals surface area (Å²) in [4.78, 5) is 24.9. The number of amides is 2. The Morgan fingerprint density at radius 1 is 1.26 bits per heavy atom. The summed E-state index contributed by atoms with van der Waals surface area (Å²) in [5, 5.41) is 11.5. The lowest BCUT2D eigenvalue weighted by molar-refractivity contribution is -0.146. The van der Waals surface area contributed by atoms with Crippen LogP contribution in [0.1, 0.15) is 18.9 Å². The van der Waals surface area contributed by atoms with Crippen LogP contribution >= 0.6 is 0 Å². The van der Waals surface area contributed by atoms with E-state index in [-0.39, 0.29) is 13.2 Å². The van der Waals surface area contributed by atoms with E-state index in [0.717, 1.165) is 12.0 Å². The number of hydrogen-bond acceptors (Lipinski definition) is 3. The number of rotatable bonds is 6. The molecule has 1 aromatic carbocycles. The van der Waals surface area contributed by atoms with Gasteiger partial charge in [-0.1, -0.05) is 37.3 Å². The molecule has 0 saturated carbocycles. The van der Waals surface area contributed by atoms with Crippen molar-refractivity contribution in [3.05, 3.63) is 35.9 Å². The summed E-state index contributed by atoms with van der Waals surface area (Å²) in [7, 11) is 0. The molecular weight excluding hydrogens is 244 g/mol. The van der Waals surface area contributed by atoms with Crippen LogP contribution in [0.4, 0.5) is 0 Å². The molecule has 0 aliphatic heterocycles. The number of aliphatic hydroxyl groups is 1. The Labute approximate surface area is 113 Å². The summed E-state index contributed by atoms with van der Waals surface area (Å²) >= 11 is 0. The fourth-order valence-corrected chi connectivity index (χ4v) is 1.63. The zero-order chi connectivity index (χ0) is 14.1. The zero-order valence-electron chi connectivity index (χ0n) is 11.1. The van der Waals surface area contributed by atoms with Gasteiger partial charge in [0.05, 0.1) is 6.61 Å². The van der Waals surface area contributed by atoms with E-state index in [0.29, 0.717) is 13.1 Å². The molecule has 0 aliphatic carbocycles. The molecule has 5 nitrogen and oxygen atoms in total. The maximum absolute atomic E-state index is 11.9. The Hall–Kier alpha value is -1.88. The SMILES string of the molecule is CCCNC(=O)C(=O)N(CCO)Cc1ccccc1. The van der Waals surface area contributed by atoms with Crippen LogP contribution in [-0.4, -0.2) is 41.5 Å². The summed E-state index contributed by atoms with van der Waals surface area (Å²) in [6.07, 6.45) is 0.776. The number of hydrogen-bond donors (Lipinski definition) is 2. The Morgan fingerprint density at radius 3 is 2.53 bits per heavy atom. The minimum atomic E-state index is -0.619. The monoisotopic (exact) mass is 264 g/mol. The van der Waals surface area contributed by atoms with Crippen LogP contribution in [-0.2, 0) is 16.1 Å². The van der Waals surface area contributed by atoms with E-state index in [1.54, 1.807) is 0 Å². The molecule has 0 saturated heterocycles. The number of carbonyl (C=O) groups is 2. The van der Waals surface area contributed by atoms with Gasteiger partial charge in [-0.2, -0.15) is 0 Å². The second kappa shape index (κ2) is 8.26. The van der Waals surface area contributed by atoms with Crippen molar-refractivity contribution in [2.45, 2.75) is 19.9 Å². The predicted molar refractivity (Wildman–Crippen MR) is 72.2 cm³/mol. The van der Waals surface area contributed by atoms with Gasteiger partial charge < -0.3 is 15.3 Å². The molecular formula is C14H20N2O3. The van der Waals surface area contributed by atoms with Crippen molar-refractivity contribution < 1.29 is 14.7 Å². The van der Waals surface area contributed by atoms with Crippen LogP contribution in [0.25, 0.3) is 0 Å². The van der Waals surface area contributed by atoms with E-state index in [1.165, 1.54) is 4.90 Å². The Balaban J connectivity index is 2.66. The van der Waals surface area contributed by atoms with Crippen molar-refractivity contribution >= 4 is 11.8 Å². The summed E-state index contributed by atoms with van der Waals surface area (Å²) < 4.78 is 0. The van der Waals surface area contributed by atoms with E-state index < -0.39 is 11.8 Å². The quantitative estimate of drug-likeness (QED) is 0.737. The van der Waals surface area contributed by atoms with Gasteiger partial charge in [-0.05, 0) is 12.0 Å². The van der Waals surface area contributed by atoms with Crippen molar-refractivity contribution in [3.63, 3.8) is 0 Å². The van der Waals surface area contributed by atoms with Crippen molar-refractivity contribution in [1.82, 2.24) is 10.2 Å². The Morgan fingerprint density at radius 2 is 1.95 bits per heavy atom. The third-order valence-corrected chi connectivity index (χ3v) is 2.60. The molecule has 5 heteroatoms. The van der Waals surface area contributed by atoms with Crippen LogP contribution < -0.4 is 5.32 Å². The van der Waals surface area contributed by atoms with Crippen LogP contribution in [0.5, 0.6) is 0 Å². The number of nitrogens with zero attached hydrogens (tertiary/aromatic N) is 1. The van der Waals surface area contributed by atoms with Gasteiger partial charge in [-0.15, -0.1) is 0 Å². The van der Waals surface area contributed by atoms with E-state index in [9.17, 15) is 9.59 Å². The van der Waals surface area contributed by atoms with Gasteiger partial charge in [0.15, 0.2) is 0 Å². The maximum Gasteiger partial charge on any atom is 0.312 e. The first-order valence-corrected chi connectivity index (χ1v) is 6.41. The minimum absolute atomic E-state index is 0.146. The largest absolute Gasteiger partial charge is 0.395 e. The Kier molecular flexibility index (Phi) is 6.60. The van der Waals surface area contributed by atoms with Gasteiger partial charge in [0, 0.05) is 19.6 Å². The molecule has 0 aromatic heterocycles. The van der Waals surface area contributed by atoms with Gasteiger partial charge in [-0.25, -0.2) is 0 Å². The second-order valence-electron chi connectivity index (χ2n) is 4.19. The zero-order valence-corrected chi connectivity index (χ0v) is 11.1. The van der Waals surface area contributed by atoms with E-state index in [1.807, 2.05) is 37.3 Å². The lowest BCUT2D eigenvalue weighted by Gasteiger charge is -2.21. The molecule has 0 radical (unpaired) electrons. The lowest BCUT2D eigenvalue weighted by Crippen LogP contribution is -2.44. The van der Waals surface area contributed by atoms with Crippen LogP contribution in [0, 0.1) is 0 Å². The lowest BCUT2D eigenvalue weighted by atomic mass is 10.2. The average molecular weight is 264 g/mol. The van der Waals surface area contributed by atoms with Gasteiger partial charge in [0.25, 0.3) is 0 Å². The molecule has 2 N–H and O–H groups in total. The second-order valence-corrected chi connectivity index (χ2v) is 4.19. The standard InChI is InChI=1S/C14H20N2O3/c1-2-8-15-13(18)14(19)16(9-10-17)11-12-6-4-3-5-7-12/h3-7,17H,2,8-11H2,1H3,(H,15,18). The van der Waals surface area contributed by atoms with Crippen molar-refractivity contribution in [1.29, 1.82) is 0 Å². The average Bonchev–Trinajstić information content (AvgIpc) is 2.44. The highest BCUT2D eigenvalue weighted by atomic mass is 16.3. The first-order chi connectivity index (χ1) is 9.19. The van der Waals surface area contributed by atoms with Gasteiger partial charge in [-0.3, -0.25) is 9.59 Å². The third-order valence-electron chi connectivity index (χ3n) is 2.60. The molecule has 0 unspecified atom stereocenters. The smallest absolute Gasteiger partial charge is 0.312 e. The number of nitrogens with one attached hydrogen (secondary N) is 1. The predicted octanol–water partition coefficient (Wildman–Crippen LogP) is 0.534. The summed E-state index contributed by atoms with van der Waals surface area (Å²) in [6, 6.07) is 9.38. The summed E-state index contributed by atoms with van der Waals surface area (Å²) in [5.41, 5.74) is 0.924. The number of aliphatic hydroxyl groups excluding tert-OH is 1. The highest BCUT2D eigenvalue weighted by Crippen LogP contribution is 2.04. The number of carbonyl (C=O) groups excluding carboxylic acids is 2. The van der Waals surface area contributed by atoms with E-state index in [2.05, 4.69) is 5.32 Å². The summed E-state index contributed by atoms with van der Waals surface area (Å²) in [6.45, 7) is 2.69. The highest BCUT2D eigenvalue weighted by molar-refractivity contribution is 6.34. The van der Waals surface area contributed by atoms with Crippen molar-refractivity contribution in [3.8, 4) is 0 Å². The minimum Gasteiger partial charge on any atom is -0.395 e. The Bertz CT molecular complexity index is 406. The van der Waals surface area contributed by atoms with Crippen molar-refractivity contribution in [2.24, 2.45) is 0 Å². The highest BCUT2D eigenvalue weighted by Gasteiger charge is 2.20. The first-order valence-electron chi connectivity index (χ1n) is 6.41. The molecule has 0 aliphatic rings. The summed E-state index contributed by atoms with van der Waals surface area (Å²) in [5.74, 6) is -1.22. The fourth-order valence-electron chi connectivity index (χ4n) is 1.63. The third kappa shape index (κ3) is 5.09. The molecule has 0 heterocycles. The van der Waals surface area contributed by atoms with Crippen LogP contribution in [0.3, 0.4) is 0 Å². The molecule has 1 aromatic rings. The topological polar surface area (TPSA) is 69.6 Å². The normalized spacial score (nSPS) is 10.0. The maximum atomic E-state index is 11.9. The molecule has 104 valence electrons. The first kappa shape index (κ1) is 15.2. The molecule has 0 fully saturated rings. The van der Waals surface area contributed by atoms with Crippen molar-refractivity contribution in [2.75, 3.05) is 19.7 Å². The molecule has 2 amide bonds. The van der Waals surface area contributed by atoms with Crippen LogP contribution in [0.2, 0.25) is 0 Å². The van der Waals surface area contributed by atoms with Gasteiger partial charge >= 0.3 is 11.8 Å². The fraction of sp³-hybridized carbons (Fsp3) is 0.429. The molecule has 0 atom stereocenters. The molecule has 0 bridgehead atoms.